The zero-order valence-corrected chi connectivity index (χ0v) is 22.4. The molecule has 4 aromatic heterocycles. The number of aromatic nitrogens is 7. The van der Waals surface area contributed by atoms with Crippen molar-refractivity contribution in [1.29, 1.82) is 0 Å². The highest BCUT2D eigenvalue weighted by atomic mass is 35.5. The van der Waals surface area contributed by atoms with Crippen LogP contribution in [0, 0.1) is 11.8 Å². The first kappa shape index (κ1) is 25.4. The number of imidazole rings is 1. The Labute approximate surface area is 229 Å². The SMILES string of the molecule is COC(c1ccccn1)c1nc2nc(-c3noc(=O)[nH]3)nc(-c3cccc(Cl)c3)c2n1CC1CCC(C)CC1. The van der Waals surface area contributed by atoms with Crippen LogP contribution in [0.25, 0.3) is 34.1 Å². The summed E-state index contributed by atoms with van der Waals surface area (Å²) in [6.45, 7) is 3.06. The number of aromatic amines is 1. The smallest absolute Gasteiger partial charge is 0.367 e. The van der Waals surface area contributed by atoms with Gasteiger partial charge in [-0.05, 0) is 48.9 Å². The van der Waals surface area contributed by atoms with Crippen molar-refractivity contribution in [1.82, 2.24) is 34.6 Å². The van der Waals surface area contributed by atoms with Gasteiger partial charge >= 0.3 is 5.76 Å². The number of rotatable bonds is 7. The van der Waals surface area contributed by atoms with Crippen molar-refractivity contribution < 1.29 is 9.26 Å². The van der Waals surface area contributed by atoms with Gasteiger partial charge in [0.1, 0.15) is 17.0 Å². The molecule has 1 fully saturated rings. The number of halogens is 1. The highest BCUT2D eigenvalue weighted by Crippen LogP contribution is 2.36. The number of hydrogen-bond donors (Lipinski definition) is 1. The third kappa shape index (κ3) is 5.09. The lowest BCUT2D eigenvalue weighted by Crippen LogP contribution is -2.21. The molecule has 1 N–H and O–H groups in total. The Hall–Kier alpha value is -3.89. The van der Waals surface area contributed by atoms with E-state index in [0.29, 0.717) is 28.1 Å². The van der Waals surface area contributed by atoms with Gasteiger partial charge in [-0.2, -0.15) is 0 Å². The van der Waals surface area contributed by atoms with Gasteiger partial charge in [-0.3, -0.25) is 14.5 Å². The van der Waals surface area contributed by atoms with Crippen molar-refractivity contribution in [2.75, 3.05) is 7.11 Å². The van der Waals surface area contributed by atoms with E-state index in [1.165, 1.54) is 12.8 Å². The summed E-state index contributed by atoms with van der Waals surface area (Å²) in [7, 11) is 1.65. The Morgan fingerprint density at radius 2 is 1.97 bits per heavy atom. The second-order valence-corrected chi connectivity index (χ2v) is 10.5. The summed E-state index contributed by atoms with van der Waals surface area (Å²) in [6.07, 6.45) is 5.88. The third-order valence-corrected chi connectivity index (χ3v) is 7.62. The van der Waals surface area contributed by atoms with Crippen LogP contribution in [-0.2, 0) is 11.3 Å². The lowest BCUT2D eigenvalue weighted by atomic mass is 9.83. The monoisotopic (exact) mass is 545 g/mol. The summed E-state index contributed by atoms with van der Waals surface area (Å²) in [4.78, 5) is 33.4. The summed E-state index contributed by atoms with van der Waals surface area (Å²) in [5.74, 6) is 1.52. The highest BCUT2D eigenvalue weighted by molar-refractivity contribution is 6.30. The predicted molar refractivity (Wildman–Crippen MR) is 146 cm³/mol. The Balaban J connectivity index is 1.61. The van der Waals surface area contributed by atoms with E-state index < -0.39 is 11.9 Å². The van der Waals surface area contributed by atoms with Gasteiger partial charge in [-0.15, -0.1) is 0 Å². The quantitative estimate of drug-likeness (QED) is 0.286. The largest absolute Gasteiger partial charge is 0.439 e. The van der Waals surface area contributed by atoms with Gasteiger partial charge in [0.15, 0.2) is 11.8 Å². The van der Waals surface area contributed by atoms with Gasteiger partial charge in [-0.25, -0.2) is 19.7 Å². The Morgan fingerprint density at radius 3 is 2.67 bits per heavy atom. The van der Waals surface area contributed by atoms with E-state index in [0.717, 1.165) is 42.1 Å². The number of nitrogens with one attached hydrogen (secondary N) is 1. The van der Waals surface area contributed by atoms with Crippen LogP contribution in [0.5, 0.6) is 0 Å². The minimum Gasteiger partial charge on any atom is -0.367 e. The molecule has 0 spiro atoms. The number of benzene rings is 1. The minimum atomic E-state index is -0.689. The van der Waals surface area contributed by atoms with Crippen LogP contribution in [0.2, 0.25) is 5.02 Å². The van der Waals surface area contributed by atoms with Crippen LogP contribution in [0.1, 0.15) is 50.2 Å². The van der Waals surface area contributed by atoms with Gasteiger partial charge in [0.05, 0.1) is 5.69 Å². The van der Waals surface area contributed by atoms with Crippen LogP contribution < -0.4 is 5.76 Å². The fraction of sp³-hybridized carbons (Fsp3) is 0.357. The van der Waals surface area contributed by atoms with E-state index in [4.69, 9.17) is 35.8 Å². The van der Waals surface area contributed by atoms with E-state index >= 15 is 0 Å². The molecule has 1 aromatic carbocycles. The molecular formula is C28H28ClN7O3. The maximum Gasteiger partial charge on any atom is 0.439 e. The molecule has 0 amide bonds. The molecule has 1 unspecified atom stereocenters. The molecule has 1 atom stereocenters. The van der Waals surface area contributed by atoms with E-state index in [-0.39, 0.29) is 11.6 Å². The van der Waals surface area contributed by atoms with Crippen molar-refractivity contribution in [3.8, 4) is 22.9 Å². The zero-order valence-electron chi connectivity index (χ0n) is 21.7. The number of ether oxygens (including phenoxy) is 1. The predicted octanol–water partition coefficient (Wildman–Crippen LogP) is 5.45. The molecule has 0 radical (unpaired) electrons. The van der Waals surface area contributed by atoms with Gasteiger partial charge in [0.2, 0.25) is 11.6 Å². The number of H-pyrrole nitrogens is 1. The maximum absolute atomic E-state index is 11.7. The summed E-state index contributed by atoms with van der Waals surface area (Å²) in [5.41, 5.74) is 3.38. The van der Waals surface area contributed by atoms with E-state index in [2.05, 4.69) is 26.6 Å². The van der Waals surface area contributed by atoms with Crippen LogP contribution in [0.15, 0.2) is 58.0 Å². The molecule has 0 saturated heterocycles. The first-order chi connectivity index (χ1) is 19.0. The standard InChI is InChI=1S/C28H28ClN7O3/c1-16-9-11-17(12-10-16)15-36-22-21(18-6-5-7-19(29)14-18)31-25(26-34-28(37)39-35-26)32-24(22)33-27(36)23(38-2)20-8-3-4-13-30-20/h3-8,13-14,16-17,23H,9-12,15H2,1-2H3,(H,34,35,37). The minimum absolute atomic E-state index is 0.121. The molecule has 6 rings (SSSR count). The van der Waals surface area contributed by atoms with Crippen LogP contribution in [0.3, 0.4) is 0 Å². The molecule has 39 heavy (non-hydrogen) atoms. The van der Waals surface area contributed by atoms with Crippen molar-refractivity contribution in [2.45, 2.75) is 45.3 Å². The highest BCUT2D eigenvalue weighted by Gasteiger charge is 2.29. The second kappa shape index (κ2) is 10.7. The molecule has 5 aromatic rings. The van der Waals surface area contributed by atoms with E-state index in [9.17, 15) is 4.79 Å². The van der Waals surface area contributed by atoms with Crippen LogP contribution >= 0.6 is 11.6 Å². The average Bonchev–Trinajstić information content (AvgIpc) is 3.54. The number of pyridine rings is 1. The van der Waals surface area contributed by atoms with Crippen molar-refractivity contribution >= 4 is 22.8 Å². The van der Waals surface area contributed by atoms with Crippen LogP contribution in [0.4, 0.5) is 0 Å². The molecule has 200 valence electrons. The maximum atomic E-state index is 11.7. The summed E-state index contributed by atoms with van der Waals surface area (Å²) < 4.78 is 12.9. The lowest BCUT2D eigenvalue weighted by Gasteiger charge is -2.28. The molecule has 10 nitrogen and oxygen atoms in total. The van der Waals surface area contributed by atoms with Crippen molar-refractivity contribution in [3.63, 3.8) is 0 Å². The first-order valence-corrected chi connectivity index (χ1v) is 13.4. The van der Waals surface area contributed by atoms with Crippen molar-refractivity contribution in [3.05, 3.63) is 75.8 Å². The lowest BCUT2D eigenvalue weighted by molar-refractivity contribution is 0.120. The molecular weight excluding hydrogens is 518 g/mol. The van der Waals surface area contributed by atoms with E-state index in [1.54, 1.807) is 13.3 Å². The first-order valence-electron chi connectivity index (χ1n) is 13.0. The number of nitrogens with zero attached hydrogens (tertiary/aromatic N) is 6. The van der Waals surface area contributed by atoms with Gasteiger partial charge in [0, 0.05) is 30.4 Å². The molecule has 0 aliphatic heterocycles. The van der Waals surface area contributed by atoms with Crippen LogP contribution in [-0.4, -0.2) is 41.8 Å². The summed E-state index contributed by atoms with van der Waals surface area (Å²) >= 11 is 6.40. The average molecular weight is 546 g/mol. The Morgan fingerprint density at radius 1 is 1.13 bits per heavy atom. The molecule has 0 bridgehead atoms. The van der Waals surface area contributed by atoms with Gasteiger partial charge < -0.3 is 9.30 Å². The van der Waals surface area contributed by atoms with Gasteiger partial charge in [-0.1, -0.05) is 54.7 Å². The van der Waals surface area contributed by atoms with Crippen molar-refractivity contribution in [2.24, 2.45) is 11.8 Å². The molecule has 11 heteroatoms. The molecule has 1 aliphatic rings. The number of methoxy groups -OCH3 is 1. The second-order valence-electron chi connectivity index (χ2n) is 10.1. The Bertz CT molecular complexity index is 1660. The normalized spacial score (nSPS) is 18.4. The zero-order chi connectivity index (χ0) is 26.9. The number of hydrogen-bond acceptors (Lipinski definition) is 8. The Kier molecular flexibility index (Phi) is 6.97. The third-order valence-electron chi connectivity index (χ3n) is 7.39. The molecule has 1 aliphatic carbocycles. The fourth-order valence-corrected chi connectivity index (χ4v) is 5.56. The fourth-order valence-electron chi connectivity index (χ4n) is 5.37. The summed E-state index contributed by atoms with van der Waals surface area (Å²) in [5, 5.41) is 4.39. The molecule has 1 saturated carbocycles. The number of fused-ring (bicyclic) bond motifs is 1. The van der Waals surface area contributed by atoms with E-state index in [1.807, 2.05) is 42.5 Å². The topological polar surface area (TPSA) is 125 Å². The molecule has 4 heterocycles. The summed E-state index contributed by atoms with van der Waals surface area (Å²) in [6, 6.07) is 13.2. The van der Waals surface area contributed by atoms with Gasteiger partial charge in [0.25, 0.3) is 0 Å².